The van der Waals surface area contributed by atoms with Gasteiger partial charge >= 0.3 is 0 Å². The van der Waals surface area contributed by atoms with Crippen LogP contribution in [0.2, 0.25) is 0 Å². The minimum Gasteiger partial charge on any atom is -0.252 e. The van der Waals surface area contributed by atoms with Gasteiger partial charge in [0.2, 0.25) is 0 Å². The van der Waals surface area contributed by atoms with Gasteiger partial charge in [-0.05, 0) is 130 Å². The van der Waals surface area contributed by atoms with Crippen molar-refractivity contribution < 1.29 is 10.1 Å². The van der Waals surface area contributed by atoms with Gasteiger partial charge in [0.05, 0.1) is 6.10 Å². The van der Waals surface area contributed by atoms with E-state index in [1.54, 1.807) is 5.57 Å². The van der Waals surface area contributed by atoms with Crippen LogP contribution in [-0.4, -0.2) is 11.4 Å². The molecular formula is C32H54O2. The first-order valence-corrected chi connectivity index (χ1v) is 14.6. The zero-order chi connectivity index (χ0) is 24.9. The summed E-state index contributed by atoms with van der Waals surface area (Å²) >= 11 is 0. The number of hydrogen-bond donors (Lipinski definition) is 1. The lowest BCUT2D eigenvalue weighted by molar-refractivity contribution is -0.294. The van der Waals surface area contributed by atoms with E-state index in [9.17, 15) is 5.26 Å². The van der Waals surface area contributed by atoms with Crippen molar-refractivity contribution in [2.75, 3.05) is 0 Å². The summed E-state index contributed by atoms with van der Waals surface area (Å²) in [6.07, 6.45) is 18.5. The van der Waals surface area contributed by atoms with Gasteiger partial charge in [-0.15, -0.1) is 0 Å². The molecule has 2 heteroatoms. The third-order valence-corrected chi connectivity index (χ3v) is 12.0. The summed E-state index contributed by atoms with van der Waals surface area (Å²) in [7, 11) is 0. The van der Waals surface area contributed by atoms with Crippen LogP contribution in [0.4, 0.5) is 0 Å². The Labute approximate surface area is 210 Å². The zero-order valence-corrected chi connectivity index (χ0v) is 23.6. The quantitative estimate of drug-likeness (QED) is 0.174. The first kappa shape index (κ1) is 26.5. The van der Waals surface area contributed by atoms with E-state index in [0.29, 0.717) is 16.7 Å². The molecule has 0 radical (unpaired) electrons. The average Bonchev–Trinajstić information content (AvgIpc) is 3.13. The monoisotopic (exact) mass is 470 g/mol. The molecule has 0 heterocycles. The Hall–Kier alpha value is -0.600. The van der Waals surface area contributed by atoms with Crippen molar-refractivity contribution >= 4 is 0 Å². The standard InChI is InChI=1S/C32H54O2/c1-21(2)11-9-10-12-22(3)25-14-15-27-24-13-16-29-30(5,6)26(23(4)34-33)17-20-32(29,8)28(24)18-19-31(25,27)7/h11,16,22-28,33H,9-10,12-15,17-20H2,1-8H3. The highest BCUT2D eigenvalue weighted by Gasteiger charge is 2.61. The second-order valence-corrected chi connectivity index (χ2v) is 14.2. The van der Waals surface area contributed by atoms with Gasteiger partial charge in [-0.25, -0.2) is 4.89 Å². The maximum Gasteiger partial charge on any atom is 0.0935 e. The fourth-order valence-corrected chi connectivity index (χ4v) is 10.3. The lowest BCUT2D eigenvalue weighted by Gasteiger charge is -2.62. The lowest BCUT2D eigenvalue weighted by atomic mass is 9.43. The van der Waals surface area contributed by atoms with Crippen LogP contribution in [0.1, 0.15) is 120 Å². The molecule has 194 valence electrons. The van der Waals surface area contributed by atoms with Gasteiger partial charge in [-0.2, -0.15) is 0 Å². The Morgan fingerprint density at radius 2 is 1.76 bits per heavy atom. The third-order valence-electron chi connectivity index (χ3n) is 12.0. The molecule has 1 N–H and O–H groups in total. The van der Waals surface area contributed by atoms with Gasteiger partial charge in [0.1, 0.15) is 0 Å². The number of fused-ring (bicyclic) bond motifs is 5. The number of rotatable bonds is 7. The van der Waals surface area contributed by atoms with Crippen molar-refractivity contribution in [2.24, 2.45) is 51.8 Å². The van der Waals surface area contributed by atoms with Crippen molar-refractivity contribution in [1.29, 1.82) is 0 Å². The van der Waals surface area contributed by atoms with Crippen molar-refractivity contribution in [3.63, 3.8) is 0 Å². The van der Waals surface area contributed by atoms with Crippen LogP contribution in [-0.2, 0) is 4.89 Å². The second kappa shape index (κ2) is 9.70. The molecule has 0 aromatic heterocycles. The molecule has 0 saturated heterocycles. The Balaban J connectivity index is 1.52. The first-order chi connectivity index (χ1) is 16.0. The van der Waals surface area contributed by atoms with E-state index in [1.807, 2.05) is 6.92 Å². The predicted octanol–water partition coefficient (Wildman–Crippen LogP) is 9.47. The van der Waals surface area contributed by atoms with E-state index in [2.05, 4.69) is 60.6 Å². The molecule has 4 aliphatic rings. The van der Waals surface area contributed by atoms with E-state index in [0.717, 1.165) is 29.6 Å². The summed E-state index contributed by atoms with van der Waals surface area (Å²) in [5.41, 5.74) is 4.12. The molecule has 9 unspecified atom stereocenters. The molecule has 3 saturated carbocycles. The van der Waals surface area contributed by atoms with E-state index >= 15 is 0 Å². The van der Waals surface area contributed by atoms with E-state index < -0.39 is 0 Å². The molecular weight excluding hydrogens is 416 g/mol. The molecule has 3 fully saturated rings. The topological polar surface area (TPSA) is 29.5 Å². The summed E-state index contributed by atoms with van der Waals surface area (Å²) in [6, 6.07) is 0. The number of unbranched alkanes of at least 4 members (excludes halogenated alkanes) is 1. The van der Waals surface area contributed by atoms with Gasteiger partial charge in [0.15, 0.2) is 0 Å². The fourth-order valence-electron chi connectivity index (χ4n) is 10.3. The van der Waals surface area contributed by atoms with Crippen molar-refractivity contribution in [2.45, 2.75) is 126 Å². The largest absolute Gasteiger partial charge is 0.252 e. The molecule has 0 spiro atoms. The Morgan fingerprint density at radius 1 is 1.03 bits per heavy atom. The number of allylic oxidation sites excluding steroid dienone is 4. The van der Waals surface area contributed by atoms with Gasteiger partial charge in [-0.3, -0.25) is 5.26 Å². The molecule has 9 atom stereocenters. The smallest absolute Gasteiger partial charge is 0.0935 e. The summed E-state index contributed by atoms with van der Waals surface area (Å²) in [5, 5.41) is 9.44. The minimum absolute atomic E-state index is 0.0957. The molecule has 0 aromatic rings. The van der Waals surface area contributed by atoms with Crippen molar-refractivity contribution in [1.82, 2.24) is 0 Å². The van der Waals surface area contributed by atoms with Gasteiger partial charge < -0.3 is 0 Å². The van der Waals surface area contributed by atoms with Gasteiger partial charge in [0.25, 0.3) is 0 Å². The zero-order valence-electron chi connectivity index (χ0n) is 23.6. The predicted molar refractivity (Wildman–Crippen MR) is 143 cm³/mol. The molecule has 0 amide bonds. The van der Waals surface area contributed by atoms with Crippen molar-refractivity contribution in [3.8, 4) is 0 Å². The third kappa shape index (κ3) is 4.27. The molecule has 4 aliphatic carbocycles. The van der Waals surface area contributed by atoms with E-state index in [-0.39, 0.29) is 11.5 Å². The van der Waals surface area contributed by atoms with E-state index in [4.69, 9.17) is 4.89 Å². The van der Waals surface area contributed by atoms with Crippen LogP contribution < -0.4 is 0 Å². The summed E-state index contributed by atoms with van der Waals surface area (Å²) in [4.78, 5) is 4.87. The van der Waals surface area contributed by atoms with Crippen LogP contribution in [0.5, 0.6) is 0 Å². The van der Waals surface area contributed by atoms with Gasteiger partial charge in [0, 0.05) is 0 Å². The van der Waals surface area contributed by atoms with Gasteiger partial charge in [-0.1, -0.05) is 64.3 Å². The SMILES string of the molecule is CC(C)=CCCCC(C)C1CCC2C3CC=C4C(C)(C)C(C(C)OO)CCC4(C)C3CCC12C. The Morgan fingerprint density at radius 3 is 2.44 bits per heavy atom. The molecule has 0 aromatic carbocycles. The molecule has 0 aliphatic heterocycles. The average molecular weight is 471 g/mol. The van der Waals surface area contributed by atoms with Crippen molar-refractivity contribution in [3.05, 3.63) is 23.3 Å². The Kier molecular flexibility index (Phi) is 7.55. The highest BCUT2D eigenvalue weighted by atomic mass is 17.1. The van der Waals surface area contributed by atoms with Crippen LogP contribution in [0.25, 0.3) is 0 Å². The summed E-state index contributed by atoms with van der Waals surface area (Å²) < 4.78 is 0. The van der Waals surface area contributed by atoms with E-state index in [1.165, 1.54) is 69.8 Å². The summed E-state index contributed by atoms with van der Waals surface area (Å²) in [5.74, 6) is 4.78. The second-order valence-electron chi connectivity index (χ2n) is 14.2. The minimum atomic E-state index is -0.0957. The molecule has 4 rings (SSSR count). The van der Waals surface area contributed by atoms with Crippen LogP contribution >= 0.6 is 0 Å². The van der Waals surface area contributed by atoms with Crippen LogP contribution in [0.3, 0.4) is 0 Å². The highest BCUT2D eigenvalue weighted by molar-refractivity contribution is 5.31. The first-order valence-electron chi connectivity index (χ1n) is 14.6. The molecule has 34 heavy (non-hydrogen) atoms. The lowest BCUT2D eigenvalue weighted by Crippen LogP contribution is -2.54. The van der Waals surface area contributed by atoms with Crippen LogP contribution in [0, 0.1) is 51.8 Å². The maximum atomic E-state index is 9.44. The molecule has 0 bridgehead atoms. The fraction of sp³-hybridized carbons (Fsp3) is 0.875. The highest BCUT2D eigenvalue weighted by Crippen LogP contribution is 2.69. The molecule has 2 nitrogen and oxygen atoms in total. The van der Waals surface area contributed by atoms with Crippen LogP contribution in [0.15, 0.2) is 23.3 Å². The maximum absolute atomic E-state index is 9.44. The summed E-state index contributed by atoms with van der Waals surface area (Å²) in [6.45, 7) is 19.2. The normalized spacial score (nSPS) is 42.6. The number of hydrogen-bond acceptors (Lipinski definition) is 2. The Bertz CT molecular complexity index is 789.